The number of nitrogens with one attached hydrogen (secondary N) is 1. The highest BCUT2D eigenvalue weighted by Gasteiger charge is 2.17. The summed E-state index contributed by atoms with van der Waals surface area (Å²) in [5.41, 5.74) is 5.99. The third kappa shape index (κ3) is 6.57. The minimum atomic E-state index is -0.470. The third-order valence-electron chi connectivity index (χ3n) is 5.80. The van der Waals surface area contributed by atoms with E-state index in [0.29, 0.717) is 11.1 Å². The molecule has 8 heteroatoms. The summed E-state index contributed by atoms with van der Waals surface area (Å²) in [6.07, 6.45) is 1.39. The first kappa shape index (κ1) is 23.3. The number of carbonyl (C=O) groups excluding carboxylic acids is 1. The lowest BCUT2D eigenvalue weighted by Gasteiger charge is -2.34. The summed E-state index contributed by atoms with van der Waals surface area (Å²) in [7, 11) is 0. The van der Waals surface area contributed by atoms with E-state index in [1.807, 2.05) is 18.2 Å². The zero-order valence-corrected chi connectivity index (χ0v) is 18.8. The van der Waals surface area contributed by atoms with Gasteiger partial charge < -0.3 is 0 Å². The zero-order valence-electron chi connectivity index (χ0n) is 18.8. The van der Waals surface area contributed by atoms with Gasteiger partial charge in [0.1, 0.15) is 0 Å². The van der Waals surface area contributed by atoms with E-state index in [4.69, 9.17) is 0 Å². The van der Waals surface area contributed by atoms with Crippen molar-refractivity contribution in [3.63, 3.8) is 0 Å². The van der Waals surface area contributed by atoms with Gasteiger partial charge in [-0.3, -0.25) is 24.7 Å². The van der Waals surface area contributed by atoms with Crippen LogP contribution in [0.2, 0.25) is 0 Å². The molecule has 0 aliphatic carbocycles. The molecule has 1 aliphatic rings. The van der Waals surface area contributed by atoms with Crippen molar-refractivity contribution in [2.75, 3.05) is 26.2 Å². The molecule has 1 amide bonds. The molecule has 4 rings (SSSR count). The van der Waals surface area contributed by atoms with Gasteiger partial charge in [0.2, 0.25) is 0 Å². The van der Waals surface area contributed by atoms with Crippen LogP contribution in [0.15, 0.2) is 84.0 Å². The Morgan fingerprint density at radius 3 is 2.12 bits per heavy atom. The molecule has 3 aromatic carbocycles. The summed E-state index contributed by atoms with van der Waals surface area (Å²) in [5, 5.41) is 14.8. The van der Waals surface area contributed by atoms with Gasteiger partial charge in [-0.05, 0) is 23.3 Å². The smallest absolute Gasteiger partial charge is 0.271 e. The van der Waals surface area contributed by atoms with E-state index in [-0.39, 0.29) is 11.6 Å². The van der Waals surface area contributed by atoms with Crippen molar-refractivity contribution < 1.29 is 9.72 Å². The average molecular weight is 458 g/mol. The highest BCUT2D eigenvalue weighted by Crippen LogP contribution is 2.13. The molecular weight excluding hydrogens is 430 g/mol. The fraction of sp³-hybridized carbons (Fsp3) is 0.231. The van der Waals surface area contributed by atoms with E-state index < -0.39 is 4.92 Å². The number of hydrogen-bond donors (Lipinski definition) is 1. The monoisotopic (exact) mass is 457 g/mol. The van der Waals surface area contributed by atoms with Gasteiger partial charge in [0.15, 0.2) is 0 Å². The second-order valence-corrected chi connectivity index (χ2v) is 8.29. The lowest BCUT2D eigenvalue weighted by molar-refractivity contribution is -0.384. The lowest BCUT2D eigenvalue weighted by atomic mass is 10.1. The van der Waals surface area contributed by atoms with Gasteiger partial charge in [-0.1, -0.05) is 54.6 Å². The molecule has 0 spiro atoms. The first-order chi connectivity index (χ1) is 16.6. The number of nitrogens with zero attached hydrogens (tertiary/aromatic N) is 4. The Labute approximate surface area is 198 Å². The van der Waals surface area contributed by atoms with E-state index in [1.54, 1.807) is 24.3 Å². The van der Waals surface area contributed by atoms with Gasteiger partial charge in [0, 0.05) is 62.5 Å². The van der Waals surface area contributed by atoms with Gasteiger partial charge in [0.05, 0.1) is 11.1 Å². The Morgan fingerprint density at radius 2 is 1.50 bits per heavy atom. The second kappa shape index (κ2) is 11.3. The Kier molecular flexibility index (Phi) is 7.75. The fourth-order valence-corrected chi connectivity index (χ4v) is 3.92. The maximum absolute atomic E-state index is 12.3. The molecule has 1 fully saturated rings. The number of hydrazone groups is 1. The number of non-ortho nitro benzene ring substituents is 1. The summed E-state index contributed by atoms with van der Waals surface area (Å²) >= 11 is 0. The van der Waals surface area contributed by atoms with Crippen molar-refractivity contribution in [2.24, 2.45) is 5.10 Å². The summed E-state index contributed by atoms with van der Waals surface area (Å²) in [6.45, 7) is 5.95. The third-order valence-corrected chi connectivity index (χ3v) is 5.80. The molecular formula is C26H27N5O3. The van der Waals surface area contributed by atoms with Gasteiger partial charge >= 0.3 is 0 Å². The number of benzene rings is 3. The number of nitro groups is 1. The standard InChI is InChI=1S/C26H27N5O3/c32-26(28-27-18-23-7-4-8-25(17-23)31(33)34)24-11-9-22(10-12-24)20-30-15-13-29(14-16-30)19-21-5-2-1-3-6-21/h1-12,17-18H,13-16,19-20H2,(H,28,32)/b27-18-. The molecule has 0 aromatic heterocycles. The molecule has 0 atom stereocenters. The highest BCUT2D eigenvalue weighted by molar-refractivity contribution is 5.94. The molecule has 0 saturated carbocycles. The molecule has 0 radical (unpaired) electrons. The van der Waals surface area contributed by atoms with Crippen LogP contribution in [0.1, 0.15) is 27.0 Å². The Balaban J connectivity index is 1.23. The zero-order chi connectivity index (χ0) is 23.8. The van der Waals surface area contributed by atoms with Crippen LogP contribution in [0.5, 0.6) is 0 Å². The van der Waals surface area contributed by atoms with E-state index in [9.17, 15) is 14.9 Å². The number of hydrogen-bond acceptors (Lipinski definition) is 6. The van der Waals surface area contributed by atoms with Gasteiger partial charge in [-0.15, -0.1) is 0 Å². The minimum Gasteiger partial charge on any atom is -0.297 e. The quantitative estimate of drug-likeness (QED) is 0.317. The maximum Gasteiger partial charge on any atom is 0.271 e. The molecule has 1 aliphatic heterocycles. The Hall–Kier alpha value is -3.88. The molecule has 0 unspecified atom stereocenters. The molecule has 0 bridgehead atoms. The van der Waals surface area contributed by atoms with E-state index >= 15 is 0 Å². The predicted molar refractivity (Wildman–Crippen MR) is 132 cm³/mol. The average Bonchev–Trinajstić information content (AvgIpc) is 2.86. The fourth-order valence-electron chi connectivity index (χ4n) is 3.92. The van der Waals surface area contributed by atoms with Crippen LogP contribution < -0.4 is 5.43 Å². The molecule has 1 heterocycles. The van der Waals surface area contributed by atoms with Gasteiger partial charge in [-0.2, -0.15) is 5.10 Å². The van der Waals surface area contributed by atoms with Crippen LogP contribution >= 0.6 is 0 Å². The Morgan fingerprint density at radius 1 is 0.882 bits per heavy atom. The van der Waals surface area contributed by atoms with Crippen molar-refractivity contribution >= 4 is 17.8 Å². The number of amides is 1. The second-order valence-electron chi connectivity index (χ2n) is 8.29. The van der Waals surface area contributed by atoms with E-state index in [2.05, 4.69) is 44.6 Å². The summed E-state index contributed by atoms with van der Waals surface area (Å²) in [4.78, 5) is 27.6. The lowest BCUT2D eigenvalue weighted by Crippen LogP contribution is -2.45. The molecule has 34 heavy (non-hydrogen) atoms. The minimum absolute atomic E-state index is 0.0246. The van der Waals surface area contributed by atoms with Crippen molar-refractivity contribution in [1.29, 1.82) is 0 Å². The molecule has 8 nitrogen and oxygen atoms in total. The summed E-state index contributed by atoms with van der Waals surface area (Å²) < 4.78 is 0. The molecule has 1 saturated heterocycles. The van der Waals surface area contributed by atoms with Crippen molar-refractivity contribution in [1.82, 2.24) is 15.2 Å². The maximum atomic E-state index is 12.3. The van der Waals surface area contributed by atoms with Gasteiger partial charge in [0.25, 0.3) is 11.6 Å². The van der Waals surface area contributed by atoms with Crippen LogP contribution in [0, 0.1) is 10.1 Å². The summed E-state index contributed by atoms with van der Waals surface area (Å²) in [5.74, 6) is -0.331. The molecule has 1 N–H and O–H groups in total. The topological polar surface area (TPSA) is 91.1 Å². The number of rotatable bonds is 8. The molecule has 3 aromatic rings. The SMILES string of the molecule is O=C(N/N=C\c1cccc([N+](=O)[O-])c1)c1ccc(CN2CCN(Cc3ccccc3)CC2)cc1. The van der Waals surface area contributed by atoms with Crippen molar-refractivity contribution in [3.05, 3.63) is 111 Å². The van der Waals surface area contributed by atoms with Crippen LogP contribution in [-0.2, 0) is 13.1 Å². The van der Waals surface area contributed by atoms with Crippen molar-refractivity contribution in [2.45, 2.75) is 13.1 Å². The normalized spacial score (nSPS) is 14.8. The van der Waals surface area contributed by atoms with Crippen LogP contribution in [0.25, 0.3) is 0 Å². The summed E-state index contributed by atoms with van der Waals surface area (Å²) in [6, 6.07) is 24.1. The first-order valence-electron chi connectivity index (χ1n) is 11.2. The van der Waals surface area contributed by atoms with Crippen molar-refractivity contribution in [3.8, 4) is 0 Å². The Bertz CT molecular complexity index is 1140. The van der Waals surface area contributed by atoms with Crippen LogP contribution in [-0.4, -0.2) is 53.0 Å². The number of piperazine rings is 1. The highest BCUT2D eigenvalue weighted by atomic mass is 16.6. The van der Waals surface area contributed by atoms with Gasteiger partial charge in [-0.25, -0.2) is 5.43 Å². The van der Waals surface area contributed by atoms with E-state index in [0.717, 1.165) is 44.8 Å². The van der Waals surface area contributed by atoms with Crippen LogP contribution in [0.4, 0.5) is 5.69 Å². The van der Waals surface area contributed by atoms with E-state index in [1.165, 1.54) is 23.9 Å². The number of carbonyl (C=O) groups is 1. The number of nitro benzene ring substituents is 1. The largest absolute Gasteiger partial charge is 0.297 e. The first-order valence-corrected chi connectivity index (χ1v) is 11.2. The van der Waals surface area contributed by atoms with Crippen LogP contribution in [0.3, 0.4) is 0 Å². The molecule has 174 valence electrons. The predicted octanol–water partition coefficient (Wildman–Crippen LogP) is 3.68.